The van der Waals surface area contributed by atoms with Gasteiger partial charge < -0.3 is 0 Å². The maximum absolute atomic E-state index is 12.6. The van der Waals surface area contributed by atoms with E-state index in [-0.39, 0.29) is 6.42 Å². The molecule has 0 N–H and O–H groups in total. The van der Waals surface area contributed by atoms with Gasteiger partial charge in [0.1, 0.15) is 0 Å². The highest BCUT2D eigenvalue weighted by Crippen LogP contribution is 2.43. The van der Waals surface area contributed by atoms with Crippen LogP contribution >= 0.6 is 0 Å². The first-order valence-corrected chi connectivity index (χ1v) is 6.85. The van der Waals surface area contributed by atoms with Crippen molar-refractivity contribution in [3.05, 3.63) is 0 Å². The zero-order valence-corrected chi connectivity index (χ0v) is 9.53. The zero-order chi connectivity index (χ0) is 11.9. The van der Waals surface area contributed by atoms with Crippen LogP contribution in [0.25, 0.3) is 0 Å². The molecule has 0 amide bonds. The van der Waals surface area contributed by atoms with Crippen LogP contribution in [0.5, 0.6) is 0 Å². The van der Waals surface area contributed by atoms with Gasteiger partial charge in [-0.05, 0) is 18.8 Å². The summed E-state index contributed by atoms with van der Waals surface area (Å²) in [5.74, 6) is -2.29. The van der Waals surface area contributed by atoms with Gasteiger partial charge in [0.2, 0.25) is 0 Å². The van der Waals surface area contributed by atoms with E-state index in [0.29, 0.717) is 12.8 Å². The first kappa shape index (κ1) is 12.8. The average molecular weight is 244 g/mol. The Hall–Kier alpha value is -0.260. The van der Waals surface area contributed by atoms with Gasteiger partial charge in [-0.3, -0.25) is 0 Å². The Labute approximate surface area is 87.8 Å². The van der Waals surface area contributed by atoms with Crippen LogP contribution in [-0.4, -0.2) is 26.1 Å². The van der Waals surface area contributed by atoms with Crippen molar-refractivity contribution in [2.75, 3.05) is 6.26 Å². The largest absolute Gasteiger partial charge is 0.392 e. The minimum Gasteiger partial charge on any atom is -0.229 e. The van der Waals surface area contributed by atoms with Crippen molar-refractivity contribution >= 4 is 9.84 Å². The molecule has 3 atom stereocenters. The molecule has 15 heavy (non-hydrogen) atoms. The molecule has 1 rings (SSSR count). The number of halogens is 3. The van der Waals surface area contributed by atoms with E-state index in [1.807, 2.05) is 0 Å². The molecule has 0 aliphatic heterocycles. The van der Waals surface area contributed by atoms with Crippen molar-refractivity contribution in [2.24, 2.45) is 11.8 Å². The fourth-order valence-corrected chi connectivity index (χ4v) is 3.95. The van der Waals surface area contributed by atoms with Gasteiger partial charge in [-0.25, -0.2) is 8.42 Å². The van der Waals surface area contributed by atoms with Crippen LogP contribution < -0.4 is 0 Å². The number of rotatable bonds is 1. The van der Waals surface area contributed by atoms with Gasteiger partial charge in [0, 0.05) is 6.26 Å². The van der Waals surface area contributed by atoms with Crippen molar-refractivity contribution in [3.63, 3.8) is 0 Å². The van der Waals surface area contributed by atoms with E-state index < -0.39 is 33.1 Å². The van der Waals surface area contributed by atoms with E-state index in [4.69, 9.17) is 0 Å². The third-order valence-electron chi connectivity index (χ3n) is 3.20. The Kier molecular flexibility index (Phi) is 3.38. The Bertz CT molecular complexity index is 321. The second-order valence-corrected chi connectivity index (χ2v) is 6.57. The molecular weight excluding hydrogens is 229 g/mol. The van der Waals surface area contributed by atoms with Gasteiger partial charge >= 0.3 is 6.18 Å². The Morgan fingerprint density at radius 3 is 2.13 bits per heavy atom. The molecule has 0 spiro atoms. The summed E-state index contributed by atoms with van der Waals surface area (Å²) < 4.78 is 60.3. The van der Waals surface area contributed by atoms with Gasteiger partial charge in [-0.1, -0.05) is 13.3 Å². The van der Waals surface area contributed by atoms with E-state index >= 15 is 0 Å². The lowest BCUT2D eigenvalue weighted by atomic mass is 9.79. The van der Waals surface area contributed by atoms with Crippen molar-refractivity contribution in [1.82, 2.24) is 0 Å². The SMILES string of the molecule is CC1C(C(F)(F)F)CCCC1S(C)(=O)=O. The summed E-state index contributed by atoms with van der Waals surface area (Å²) >= 11 is 0. The minimum absolute atomic E-state index is 0.0523. The third-order valence-corrected chi connectivity index (χ3v) is 4.96. The Balaban J connectivity index is 2.90. The number of alkyl halides is 3. The first-order chi connectivity index (χ1) is 6.64. The van der Waals surface area contributed by atoms with Gasteiger partial charge in [0.15, 0.2) is 9.84 Å². The topological polar surface area (TPSA) is 34.1 Å². The number of hydrogen-bond acceptors (Lipinski definition) is 2. The highest BCUT2D eigenvalue weighted by molar-refractivity contribution is 7.91. The molecule has 3 unspecified atom stereocenters. The van der Waals surface area contributed by atoms with Crippen molar-refractivity contribution < 1.29 is 21.6 Å². The Morgan fingerprint density at radius 2 is 1.73 bits per heavy atom. The summed E-state index contributed by atoms with van der Waals surface area (Å²) in [6.07, 6.45) is -2.51. The Morgan fingerprint density at radius 1 is 1.20 bits per heavy atom. The standard InChI is InChI=1S/C9H15F3O2S/c1-6-7(9(10,11)12)4-3-5-8(6)15(2,13)14/h6-8H,3-5H2,1-2H3. The number of sulfone groups is 1. The van der Waals surface area contributed by atoms with Crippen LogP contribution in [0.3, 0.4) is 0 Å². The van der Waals surface area contributed by atoms with E-state index in [9.17, 15) is 21.6 Å². The summed E-state index contributed by atoms with van der Waals surface area (Å²) in [5, 5.41) is -0.835. The maximum Gasteiger partial charge on any atom is 0.392 e. The lowest BCUT2D eigenvalue weighted by Gasteiger charge is -2.35. The molecule has 0 aromatic heterocycles. The zero-order valence-electron chi connectivity index (χ0n) is 8.71. The van der Waals surface area contributed by atoms with Gasteiger partial charge in [0.05, 0.1) is 11.2 Å². The predicted molar refractivity (Wildman–Crippen MR) is 51.2 cm³/mol. The van der Waals surface area contributed by atoms with Gasteiger partial charge in [0.25, 0.3) is 0 Å². The normalized spacial score (nSPS) is 34.1. The first-order valence-electron chi connectivity index (χ1n) is 4.89. The van der Waals surface area contributed by atoms with Crippen LogP contribution in [0.4, 0.5) is 13.2 Å². The van der Waals surface area contributed by atoms with Crippen molar-refractivity contribution in [1.29, 1.82) is 0 Å². The molecule has 0 bridgehead atoms. The molecule has 1 aliphatic rings. The highest BCUT2D eigenvalue weighted by atomic mass is 32.2. The molecule has 90 valence electrons. The summed E-state index contributed by atoms with van der Waals surface area (Å²) in [5.41, 5.74) is 0. The van der Waals surface area contributed by atoms with Crippen molar-refractivity contribution in [3.8, 4) is 0 Å². The molecule has 2 nitrogen and oxygen atoms in total. The quantitative estimate of drug-likeness (QED) is 0.709. The minimum atomic E-state index is -4.28. The second kappa shape index (κ2) is 3.96. The molecule has 0 aromatic rings. The predicted octanol–water partition coefficient (Wildman–Crippen LogP) is 2.40. The molecule has 1 fully saturated rings. The van der Waals surface area contributed by atoms with Gasteiger partial charge in [-0.2, -0.15) is 13.2 Å². The lowest BCUT2D eigenvalue weighted by Crippen LogP contribution is -2.42. The molecular formula is C9H15F3O2S. The van der Waals surface area contributed by atoms with Crippen molar-refractivity contribution in [2.45, 2.75) is 37.6 Å². The monoisotopic (exact) mass is 244 g/mol. The van der Waals surface area contributed by atoms with Crippen LogP contribution in [-0.2, 0) is 9.84 Å². The fourth-order valence-electron chi connectivity index (χ4n) is 2.39. The van der Waals surface area contributed by atoms with E-state index in [1.54, 1.807) is 0 Å². The fraction of sp³-hybridized carbons (Fsp3) is 1.00. The van der Waals surface area contributed by atoms with E-state index in [1.165, 1.54) is 6.92 Å². The smallest absolute Gasteiger partial charge is 0.229 e. The lowest BCUT2D eigenvalue weighted by molar-refractivity contribution is -0.193. The number of hydrogen-bond donors (Lipinski definition) is 0. The van der Waals surface area contributed by atoms with Crippen LogP contribution in [0.15, 0.2) is 0 Å². The second-order valence-electron chi connectivity index (χ2n) is 4.31. The molecule has 0 heterocycles. The summed E-state index contributed by atoms with van der Waals surface area (Å²) in [7, 11) is -3.37. The average Bonchev–Trinajstić information content (AvgIpc) is 1.99. The van der Waals surface area contributed by atoms with Crippen LogP contribution in [0.1, 0.15) is 26.2 Å². The summed E-state index contributed by atoms with van der Waals surface area (Å²) in [6.45, 7) is 1.39. The molecule has 0 aromatic carbocycles. The van der Waals surface area contributed by atoms with E-state index in [0.717, 1.165) is 6.26 Å². The summed E-state index contributed by atoms with van der Waals surface area (Å²) in [6, 6.07) is 0. The molecule has 1 aliphatic carbocycles. The van der Waals surface area contributed by atoms with Gasteiger partial charge in [-0.15, -0.1) is 0 Å². The molecule has 0 saturated heterocycles. The van der Waals surface area contributed by atoms with Crippen LogP contribution in [0, 0.1) is 11.8 Å². The third kappa shape index (κ3) is 2.86. The highest BCUT2D eigenvalue weighted by Gasteiger charge is 2.48. The molecule has 6 heteroatoms. The molecule has 0 radical (unpaired) electrons. The summed E-state index contributed by atoms with van der Waals surface area (Å²) in [4.78, 5) is 0. The van der Waals surface area contributed by atoms with Crippen LogP contribution in [0.2, 0.25) is 0 Å². The molecule has 1 saturated carbocycles. The maximum atomic E-state index is 12.6. The van der Waals surface area contributed by atoms with E-state index in [2.05, 4.69) is 0 Å².